The minimum absolute atomic E-state index is 0.0863. The molecular weight excluding hydrogens is 234 g/mol. The third kappa shape index (κ3) is 1.89. The maximum Gasteiger partial charge on any atom is 0.224 e. The highest BCUT2D eigenvalue weighted by Gasteiger charge is 2.15. The fourth-order valence-electron chi connectivity index (χ4n) is 1.96. The average Bonchev–Trinajstić information content (AvgIpc) is 2.75. The number of aromatic nitrogens is 1. The minimum atomic E-state index is 0.0863. The van der Waals surface area contributed by atoms with E-state index in [1.54, 1.807) is 0 Å². The van der Waals surface area contributed by atoms with E-state index in [0.717, 1.165) is 28.9 Å². The Bertz CT molecular complexity index is 591. The Morgan fingerprint density at radius 1 is 1.35 bits per heavy atom. The highest BCUT2D eigenvalue weighted by atomic mass is 32.1. The van der Waals surface area contributed by atoms with E-state index in [0.29, 0.717) is 11.6 Å². The summed E-state index contributed by atoms with van der Waals surface area (Å²) in [5, 5.41) is 5.38. The number of anilines is 2. The third-order valence-corrected chi connectivity index (χ3v) is 3.49. The quantitative estimate of drug-likeness (QED) is 0.809. The van der Waals surface area contributed by atoms with Gasteiger partial charge in [0, 0.05) is 23.1 Å². The number of aryl methyl sites for hydroxylation is 1. The van der Waals surface area contributed by atoms with Crippen LogP contribution in [0.5, 0.6) is 0 Å². The van der Waals surface area contributed by atoms with Gasteiger partial charge in [0.2, 0.25) is 5.91 Å². The van der Waals surface area contributed by atoms with Crippen molar-refractivity contribution in [1.29, 1.82) is 0 Å². The number of amides is 1. The minimum Gasteiger partial charge on any atom is -0.375 e. The predicted molar refractivity (Wildman–Crippen MR) is 68.9 cm³/mol. The summed E-state index contributed by atoms with van der Waals surface area (Å²) in [5.74, 6) is 0.0863. The van der Waals surface area contributed by atoms with Crippen molar-refractivity contribution in [2.24, 2.45) is 0 Å². The second kappa shape index (κ2) is 3.85. The number of nitrogen functional groups attached to an aromatic ring is 1. The normalized spacial score (nSPS) is 14.2. The molecule has 5 heteroatoms. The molecule has 0 spiro atoms. The lowest BCUT2D eigenvalue weighted by Gasteiger charge is -2.17. The molecule has 0 fully saturated rings. The van der Waals surface area contributed by atoms with Crippen LogP contribution in [0.25, 0.3) is 11.3 Å². The number of thiazole rings is 1. The summed E-state index contributed by atoms with van der Waals surface area (Å²) in [5.41, 5.74) is 9.64. The van der Waals surface area contributed by atoms with Crippen LogP contribution in [0.3, 0.4) is 0 Å². The van der Waals surface area contributed by atoms with Crippen molar-refractivity contribution in [3.05, 3.63) is 29.1 Å². The van der Waals surface area contributed by atoms with E-state index in [9.17, 15) is 4.79 Å². The summed E-state index contributed by atoms with van der Waals surface area (Å²) in [6.45, 7) is 0. The number of fused-ring (bicyclic) bond motifs is 1. The molecule has 1 amide bonds. The average molecular weight is 245 g/mol. The molecule has 2 aromatic rings. The number of nitrogens with one attached hydrogen (secondary N) is 1. The van der Waals surface area contributed by atoms with Gasteiger partial charge in [-0.25, -0.2) is 4.98 Å². The van der Waals surface area contributed by atoms with Crippen LogP contribution in [-0.2, 0) is 11.2 Å². The van der Waals surface area contributed by atoms with Crippen molar-refractivity contribution >= 4 is 28.1 Å². The second-order valence-electron chi connectivity index (χ2n) is 3.99. The van der Waals surface area contributed by atoms with Crippen LogP contribution in [0.4, 0.5) is 10.8 Å². The molecule has 0 bridgehead atoms. The molecule has 2 heterocycles. The molecule has 17 heavy (non-hydrogen) atoms. The lowest BCUT2D eigenvalue weighted by molar-refractivity contribution is -0.116. The number of hydrogen-bond acceptors (Lipinski definition) is 4. The van der Waals surface area contributed by atoms with Gasteiger partial charge in [0.05, 0.1) is 5.69 Å². The molecule has 3 rings (SSSR count). The molecule has 1 aromatic heterocycles. The zero-order valence-corrected chi connectivity index (χ0v) is 9.88. The van der Waals surface area contributed by atoms with Crippen LogP contribution in [0, 0.1) is 0 Å². The van der Waals surface area contributed by atoms with E-state index < -0.39 is 0 Å². The second-order valence-corrected chi connectivity index (χ2v) is 4.88. The van der Waals surface area contributed by atoms with Gasteiger partial charge in [-0.15, -0.1) is 11.3 Å². The monoisotopic (exact) mass is 245 g/mol. The van der Waals surface area contributed by atoms with Crippen molar-refractivity contribution in [3.63, 3.8) is 0 Å². The largest absolute Gasteiger partial charge is 0.375 e. The lowest BCUT2D eigenvalue weighted by Crippen LogP contribution is -2.18. The van der Waals surface area contributed by atoms with Crippen LogP contribution < -0.4 is 11.1 Å². The van der Waals surface area contributed by atoms with E-state index >= 15 is 0 Å². The van der Waals surface area contributed by atoms with Gasteiger partial charge in [0.1, 0.15) is 0 Å². The Morgan fingerprint density at radius 3 is 3.00 bits per heavy atom. The first kappa shape index (κ1) is 10.3. The zero-order valence-electron chi connectivity index (χ0n) is 9.06. The number of rotatable bonds is 1. The maximum atomic E-state index is 11.2. The van der Waals surface area contributed by atoms with Crippen molar-refractivity contribution in [2.75, 3.05) is 11.1 Å². The molecule has 0 radical (unpaired) electrons. The summed E-state index contributed by atoms with van der Waals surface area (Å²) in [6.07, 6.45) is 1.34. The molecule has 0 saturated carbocycles. The van der Waals surface area contributed by atoms with Gasteiger partial charge < -0.3 is 11.1 Å². The van der Waals surface area contributed by atoms with E-state index in [1.165, 1.54) is 11.3 Å². The van der Waals surface area contributed by atoms with Crippen LogP contribution in [0.15, 0.2) is 23.6 Å². The topological polar surface area (TPSA) is 68.0 Å². The van der Waals surface area contributed by atoms with Gasteiger partial charge in [-0.3, -0.25) is 4.79 Å². The number of nitrogens with two attached hydrogens (primary N) is 1. The number of carbonyl (C=O) groups is 1. The Morgan fingerprint density at radius 2 is 2.24 bits per heavy atom. The molecule has 1 aromatic carbocycles. The third-order valence-electron chi connectivity index (χ3n) is 2.82. The zero-order chi connectivity index (χ0) is 11.8. The number of nitrogens with zero attached hydrogens (tertiary/aromatic N) is 1. The fourth-order valence-corrected chi connectivity index (χ4v) is 2.54. The molecule has 3 N–H and O–H groups in total. The van der Waals surface area contributed by atoms with Crippen LogP contribution in [-0.4, -0.2) is 10.9 Å². The first-order chi connectivity index (χ1) is 8.22. The molecule has 1 aliphatic heterocycles. The van der Waals surface area contributed by atoms with Crippen LogP contribution in [0.1, 0.15) is 12.0 Å². The molecule has 0 aliphatic carbocycles. The van der Waals surface area contributed by atoms with Gasteiger partial charge in [0.15, 0.2) is 5.13 Å². The fraction of sp³-hybridized carbons (Fsp3) is 0.167. The molecule has 4 nitrogen and oxygen atoms in total. The summed E-state index contributed by atoms with van der Waals surface area (Å²) in [7, 11) is 0. The molecule has 0 atom stereocenters. The Labute approximate surface area is 102 Å². The standard InChI is InChI=1S/C12H11N3OS/c13-12-15-10(6-17-12)8-1-3-9-7(5-8)2-4-11(16)14-9/h1,3,5-6H,2,4H2,(H2,13,15)(H,14,16). The summed E-state index contributed by atoms with van der Waals surface area (Å²) in [6, 6.07) is 5.96. The molecule has 86 valence electrons. The van der Waals surface area contributed by atoms with E-state index in [2.05, 4.69) is 16.4 Å². The number of hydrogen-bond donors (Lipinski definition) is 2. The van der Waals surface area contributed by atoms with Crippen molar-refractivity contribution in [3.8, 4) is 11.3 Å². The van der Waals surface area contributed by atoms with Gasteiger partial charge in [-0.05, 0) is 24.1 Å². The van der Waals surface area contributed by atoms with Gasteiger partial charge >= 0.3 is 0 Å². The molecule has 0 unspecified atom stereocenters. The number of carbonyl (C=O) groups excluding carboxylic acids is 1. The van der Waals surface area contributed by atoms with Crippen LogP contribution in [0.2, 0.25) is 0 Å². The maximum absolute atomic E-state index is 11.2. The van der Waals surface area contributed by atoms with Crippen molar-refractivity contribution < 1.29 is 4.79 Å². The molecule has 1 aliphatic rings. The first-order valence-corrected chi connectivity index (χ1v) is 6.24. The lowest BCUT2D eigenvalue weighted by atomic mass is 9.99. The van der Waals surface area contributed by atoms with Crippen molar-refractivity contribution in [1.82, 2.24) is 4.98 Å². The molecule has 0 saturated heterocycles. The summed E-state index contributed by atoms with van der Waals surface area (Å²) < 4.78 is 0. The van der Waals surface area contributed by atoms with E-state index in [-0.39, 0.29) is 5.91 Å². The van der Waals surface area contributed by atoms with E-state index in [1.807, 2.05) is 17.5 Å². The Balaban J connectivity index is 2.01. The summed E-state index contributed by atoms with van der Waals surface area (Å²) >= 11 is 1.43. The SMILES string of the molecule is Nc1nc(-c2ccc3c(c2)CCC(=O)N3)cs1. The number of benzene rings is 1. The van der Waals surface area contributed by atoms with Crippen LogP contribution >= 0.6 is 11.3 Å². The van der Waals surface area contributed by atoms with Gasteiger partial charge in [0.25, 0.3) is 0 Å². The highest BCUT2D eigenvalue weighted by molar-refractivity contribution is 7.13. The highest BCUT2D eigenvalue weighted by Crippen LogP contribution is 2.29. The predicted octanol–water partition coefficient (Wildman–Crippen LogP) is 2.28. The van der Waals surface area contributed by atoms with E-state index in [4.69, 9.17) is 5.73 Å². The van der Waals surface area contributed by atoms with Gasteiger partial charge in [-0.2, -0.15) is 0 Å². The Kier molecular flexibility index (Phi) is 2.33. The molecular formula is C12H11N3OS. The smallest absolute Gasteiger partial charge is 0.224 e. The van der Waals surface area contributed by atoms with Gasteiger partial charge in [-0.1, -0.05) is 6.07 Å². The van der Waals surface area contributed by atoms with Crippen molar-refractivity contribution in [2.45, 2.75) is 12.8 Å². The Hall–Kier alpha value is -1.88. The summed E-state index contributed by atoms with van der Waals surface area (Å²) in [4.78, 5) is 15.5. The first-order valence-electron chi connectivity index (χ1n) is 5.36.